The standard InChI is InChI=1S/C11H12FNO/c12-11(3-4-14)8-1-2-9-6-13-7-10(9)5-8/h1-2,4-5,11,13H,3,6-7H2. The van der Waals surface area contributed by atoms with Crippen LogP contribution in [0.5, 0.6) is 0 Å². The average Bonchev–Trinajstić information content (AvgIpc) is 2.64. The Bertz CT molecular complexity index is 351. The minimum absolute atomic E-state index is 0.0494. The zero-order chi connectivity index (χ0) is 9.97. The van der Waals surface area contributed by atoms with Crippen LogP contribution in [0.4, 0.5) is 4.39 Å². The van der Waals surface area contributed by atoms with Crippen LogP contribution in [0, 0.1) is 0 Å². The summed E-state index contributed by atoms with van der Waals surface area (Å²) in [4.78, 5) is 10.2. The van der Waals surface area contributed by atoms with E-state index in [0.717, 1.165) is 18.7 Å². The molecule has 1 aromatic rings. The van der Waals surface area contributed by atoms with E-state index in [-0.39, 0.29) is 6.42 Å². The molecule has 0 aromatic heterocycles. The third-order valence-corrected chi connectivity index (χ3v) is 2.53. The summed E-state index contributed by atoms with van der Waals surface area (Å²) in [5.41, 5.74) is 2.99. The third kappa shape index (κ3) is 1.68. The van der Waals surface area contributed by atoms with Gasteiger partial charge in [0.15, 0.2) is 0 Å². The van der Waals surface area contributed by atoms with Crippen molar-refractivity contribution in [3.63, 3.8) is 0 Å². The van der Waals surface area contributed by atoms with Gasteiger partial charge in [-0.3, -0.25) is 0 Å². The number of rotatable bonds is 3. The molecule has 14 heavy (non-hydrogen) atoms. The van der Waals surface area contributed by atoms with Gasteiger partial charge in [0.25, 0.3) is 0 Å². The highest BCUT2D eigenvalue weighted by Crippen LogP contribution is 2.24. The summed E-state index contributed by atoms with van der Waals surface area (Å²) in [5, 5.41) is 3.19. The van der Waals surface area contributed by atoms with Crippen molar-refractivity contribution in [2.24, 2.45) is 0 Å². The first kappa shape index (κ1) is 9.34. The fraction of sp³-hybridized carbons (Fsp3) is 0.364. The Morgan fingerprint density at radius 1 is 1.43 bits per heavy atom. The number of fused-ring (bicyclic) bond motifs is 1. The lowest BCUT2D eigenvalue weighted by Crippen LogP contribution is -2.00. The first-order valence-electron chi connectivity index (χ1n) is 4.71. The SMILES string of the molecule is O=CCC(F)c1ccc2c(c1)CNC2. The van der Waals surface area contributed by atoms with Gasteiger partial charge in [-0.05, 0) is 16.7 Å². The summed E-state index contributed by atoms with van der Waals surface area (Å²) in [5.74, 6) is 0. The second-order valence-electron chi connectivity index (χ2n) is 3.50. The first-order valence-corrected chi connectivity index (χ1v) is 4.71. The topological polar surface area (TPSA) is 29.1 Å². The molecule has 0 amide bonds. The molecule has 0 bridgehead atoms. The van der Waals surface area contributed by atoms with E-state index >= 15 is 0 Å². The van der Waals surface area contributed by atoms with Crippen LogP contribution in [0.3, 0.4) is 0 Å². The Morgan fingerprint density at radius 2 is 2.21 bits per heavy atom. The van der Waals surface area contributed by atoms with E-state index in [2.05, 4.69) is 5.32 Å². The molecular formula is C11H12FNO. The molecule has 74 valence electrons. The predicted molar refractivity (Wildman–Crippen MR) is 51.5 cm³/mol. The summed E-state index contributed by atoms with van der Waals surface area (Å²) >= 11 is 0. The normalized spacial score (nSPS) is 16.4. The van der Waals surface area contributed by atoms with Gasteiger partial charge in [0, 0.05) is 19.5 Å². The molecule has 2 rings (SSSR count). The van der Waals surface area contributed by atoms with Crippen molar-refractivity contribution in [2.75, 3.05) is 0 Å². The van der Waals surface area contributed by atoms with Gasteiger partial charge in [-0.2, -0.15) is 0 Å². The second kappa shape index (κ2) is 3.88. The zero-order valence-corrected chi connectivity index (χ0v) is 7.79. The number of carbonyl (C=O) groups excluding carboxylic acids is 1. The number of benzene rings is 1. The van der Waals surface area contributed by atoms with Crippen molar-refractivity contribution in [1.29, 1.82) is 0 Å². The van der Waals surface area contributed by atoms with E-state index in [1.807, 2.05) is 12.1 Å². The smallest absolute Gasteiger partial charge is 0.132 e. The molecule has 1 atom stereocenters. The molecule has 0 aliphatic carbocycles. The highest BCUT2D eigenvalue weighted by molar-refractivity contribution is 5.51. The van der Waals surface area contributed by atoms with Crippen LogP contribution in [0.25, 0.3) is 0 Å². The number of carbonyl (C=O) groups is 1. The van der Waals surface area contributed by atoms with Gasteiger partial charge in [0.1, 0.15) is 12.5 Å². The highest BCUT2D eigenvalue weighted by atomic mass is 19.1. The van der Waals surface area contributed by atoms with Gasteiger partial charge in [-0.25, -0.2) is 4.39 Å². The largest absolute Gasteiger partial charge is 0.309 e. The van der Waals surface area contributed by atoms with Crippen molar-refractivity contribution in [1.82, 2.24) is 5.32 Å². The van der Waals surface area contributed by atoms with Crippen molar-refractivity contribution in [2.45, 2.75) is 25.7 Å². The van der Waals surface area contributed by atoms with Gasteiger partial charge in [0.2, 0.25) is 0 Å². The molecule has 0 saturated carbocycles. The van der Waals surface area contributed by atoms with E-state index in [1.54, 1.807) is 6.07 Å². The molecular weight excluding hydrogens is 181 g/mol. The number of hydrogen-bond donors (Lipinski definition) is 1. The predicted octanol–water partition coefficient (Wildman–Crippen LogP) is 1.89. The maximum atomic E-state index is 13.4. The molecule has 1 aliphatic heterocycles. The van der Waals surface area contributed by atoms with Crippen molar-refractivity contribution >= 4 is 6.29 Å². The molecule has 2 nitrogen and oxygen atoms in total. The number of alkyl halides is 1. The van der Waals surface area contributed by atoms with Crippen LogP contribution >= 0.6 is 0 Å². The van der Waals surface area contributed by atoms with Crippen LogP contribution < -0.4 is 5.32 Å². The minimum atomic E-state index is -1.15. The molecule has 1 unspecified atom stereocenters. The summed E-state index contributed by atoms with van der Waals surface area (Å²) in [7, 11) is 0. The zero-order valence-electron chi connectivity index (χ0n) is 7.79. The fourth-order valence-corrected chi connectivity index (χ4v) is 1.73. The van der Waals surface area contributed by atoms with E-state index in [1.165, 1.54) is 5.56 Å². The Hall–Kier alpha value is -1.22. The van der Waals surface area contributed by atoms with Gasteiger partial charge in [0.05, 0.1) is 0 Å². The highest BCUT2D eigenvalue weighted by Gasteiger charge is 2.14. The van der Waals surface area contributed by atoms with E-state index in [9.17, 15) is 9.18 Å². The lowest BCUT2D eigenvalue weighted by molar-refractivity contribution is -0.108. The molecule has 0 spiro atoms. The Balaban J connectivity index is 2.23. The maximum absolute atomic E-state index is 13.4. The van der Waals surface area contributed by atoms with Gasteiger partial charge >= 0.3 is 0 Å². The van der Waals surface area contributed by atoms with E-state index in [0.29, 0.717) is 11.8 Å². The molecule has 1 heterocycles. The van der Waals surface area contributed by atoms with Crippen molar-refractivity contribution in [3.05, 3.63) is 34.9 Å². The molecule has 3 heteroatoms. The van der Waals surface area contributed by atoms with Crippen molar-refractivity contribution < 1.29 is 9.18 Å². The lowest BCUT2D eigenvalue weighted by Gasteiger charge is -2.06. The molecule has 0 saturated heterocycles. The molecule has 1 N–H and O–H groups in total. The summed E-state index contributed by atoms with van der Waals surface area (Å²) < 4.78 is 13.4. The monoisotopic (exact) mass is 193 g/mol. The number of halogens is 1. The summed E-state index contributed by atoms with van der Waals surface area (Å²) in [6.45, 7) is 1.66. The maximum Gasteiger partial charge on any atom is 0.132 e. The summed E-state index contributed by atoms with van der Waals surface area (Å²) in [6, 6.07) is 5.55. The van der Waals surface area contributed by atoms with Crippen molar-refractivity contribution in [3.8, 4) is 0 Å². The Morgan fingerprint density at radius 3 is 3.00 bits per heavy atom. The average molecular weight is 193 g/mol. The van der Waals surface area contributed by atoms with Gasteiger partial charge in [-0.15, -0.1) is 0 Å². The lowest BCUT2D eigenvalue weighted by atomic mass is 10.0. The molecule has 0 radical (unpaired) electrons. The molecule has 1 aromatic carbocycles. The summed E-state index contributed by atoms with van der Waals surface area (Å²) in [6.07, 6.45) is -0.582. The van der Waals surface area contributed by atoms with E-state index < -0.39 is 6.17 Å². The van der Waals surface area contributed by atoms with Gasteiger partial charge < -0.3 is 10.1 Å². The number of aldehydes is 1. The third-order valence-electron chi connectivity index (χ3n) is 2.53. The molecule has 1 aliphatic rings. The van der Waals surface area contributed by atoms with Crippen LogP contribution in [0.15, 0.2) is 18.2 Å². The first-order chi connectivity index (χ1) is 6.81. The van der Waals surface area contributed by atoms with Crippen LogP contribution in [-0.4, -0.2) is 6.29 Å². The Kier molecular flexibility index (Phi) is 2.59. The number of nitrogens with one attached hydrogen (secondary N) is 1. The molecule has 0 fully saturated rings. The number of hydrogen-bond acceptors (Lipinski definition) is 2. The van der Waals surface area contributed by atoms with Gasteiger partial charge in [-0.1, -0.05) is 18.2 Å². The Labute approximate surface area is 82.1 Å². The van der Waals surface area contributed by atoms with Crippen LogP contribution in [0.1, 0.15) is 29.3 Å². The van der Waals surface area contributed by atoms with Crippen LogP contribution in [-0.2, 0) is 17.9 Å². The van der Waals surface area contributed by atoms with E-state index in [4.69, 9.17) is 0 Å². The quantitative estimate of drug-likeness (QED) is 0.743. The fourth-order valence-electron chi connectivity index (χ4n) is 1.73. The van der Waals surface area contributed by atoms with Crippen LogP contribution in [0.2, 0.25) is 0 Å². The minimum Gasteiger partial charge on any atom is -0.309 e. The second-order valence-corrected chi connectivity index (χ2v) is 3.50.